The number of nitrogens with one attached hydrogen (secondary N) is 1. The van der Waals surface area contributed by atoms with Gasteiger partial charge in [0.15, 0.2) is 0 Å². The third-order valence-corrected chi connectivity index (χ3v) is 3.95. The number of methoxy groups -OCH3 is 1. The van der Waals surface area contributed by atoms with Crippen LogP contribution in [0.4, 0.5) is 5.69 Å². The van der Waals surface area contributed by atoms with Crippen LogP contribution in [0.2, 0.25) is 0 Å². The number of hydrogen-bond donors (Lipinski definition) is 2. The lowest BCUT2D eigenvalue weighted by Crippen LogP contribution is -2.37. The molecule has 1 unspecified atom stereocenters. The van der Waals surface area contributed by atoms with E-state index in [0.717, 1.165) is 22.1 Å². The van der Waals surface area contributed by atoms with Gasteiger partial charge in [-0.25, -0.2) is 0 Å². The molecule has 3 aromatic carbocycles. The van der Waals surface area contributed by atoms with Crippen molar-refractivity contribution in [1.82, 2.24) is 0 Å². The molecule has 3 aromatic rings. The van der Waals surface area contributed by atoms with E-state index in [1.165, 1.54) is 0 Å². The molecule has 1 amide bonds. The predicted molar refractivity (Wildman–Crippen MR) is 97.3 cm³/mol. The molecule has 0 spiro atoms. The zero-order valence-electron chi connectivity index (χ0n) is 13.5. The van der Waals surface area contributed by atoms with Crippen LogP contribution in [0.5, 0.6) is 5.75 Å². The maximum Gasteiger partial charge on any atom is 0.241 e. The van der Waals surface area contributed by atoms with Crippen LogP contribution in [0.25, 0.3) is 10.8 Å². The van der Waals surface area contributed by atoms with Gasteiger partial charge >= 0.3 is 0 Å². The Morgan fingerprint density at radius 1 is 1.08 bits per heavy atom. The Bertz CT molecular complexity index is 847. The fourth-order valence-electron chi connectivity index (χ4n) is 2.71. The van der Waals surface area contributed by atoms with Crippen molar-refractivity contribution in [3.05, 3.63) is 72.3 Å². The summed E-state index contributed by atoms with van der Waals surface area (Å²) in [5.41, 5.74) is 7.75. The fraction of sp³-hybridized carbons (Fsp3) is 0.150. The first-order valence-electron chi connectivity index (χ1n) is 7.84. The number of nitrogens with two attached hydrogens (primary N) is 1. The molecule has 0 heterocycles. The van der Waals surface area contributed by atoms with E-state index in [4.69, 9.17) is 10.5 Å². The normalized spacial score (nSPS) is 11.9. The van der Waals surface area contributed by atoms with Crippen LogP contribution in [0.3, 0.4) is 0 Å². The van der Waals surface area contributed by atoms with E-state index in [-0.39, 0.29) is 5.91 Å². The smallest absolute Gasteiger partial charge is 0.241 e. The van der Waals surface area contributed by atoms with Crippen LogP contribution in [0.1, 0.15) is 5.56 Å². The standard InChI is InChI=1S/C20H20N2O2/c1-24-19-13-16(12-15-9-5-6-10-17(15)19)22-20(23)18(21)11-14-7-3-2-4-8-14/h2-10,12-13,18H,11,21H2,1H3,(H,22,23). The number of amides is 1. The highest BCUT2D eigenvalue weighted by Crippen LogP contribution is 2.29. The highest BCUT2D eigenvalue weighted by atomic mass is 16.5. The van der Waals surface area contributed by atoms with Crippen molar-refractivity contribution in [3.63, 3.8) is 0 Å². The predicted octanol–water partition coefficient (Wildman–Crippen LogP) is 3.36. The highest BCUT2D eigenvalue weighted by molar-refractivity contribution is 5.99. The van der Waals surface area contributed by atoms with Gasteiger partial charge in [0.05, 0.1) is 13.2 Å². The highest BCUT2D eigenvalue weighted by Gasteiger charge is 2.15. The second-order valence-electron chi connectivity index (χ2n) is 5.69. The third-order valence-electron chi connectivity index (χ3n) is 3.95. The van der Waals surface area contributed by atoms with E-state index in [0.29, 0.717) is 12.1 Å². The number of anilines is 1. The molecule has 4 heteroatoms. The van der Waals surface area contributed by atoms with Crippen molar-refractivity contribution in [3.8, 4) is 5.75 Å². The van der Waals surface area contributed by atoms with Crippen LogP contribution in [0.15, 0.2) is 66.7 Å². The SMILES string of the molecule is COc1cc(NC(=O)C(N)Cc2ccccc2)cc2ccccc12. The molecule has 0 aliphatic heterocycles. The first-order valence-corrected chi connectivity index (χ1v) is 7.84. The van der Waals surface area contributed by atoms with Crippen molar-refractivity contribution in [2.45, 2.75) is 12.5 Å². The monoisotopic (exact) mass is 320 g/mol. The molecule has 0 aliphatic carbocycles. The number of benzene rings is 3. The van der Waals surface area contributed by atoms with Crippen molar-refractivity contribution in [1.29, 1.82) is 0 Å². The summed E-state index contributed by atoms with van der Waals surface area (Å²) in [6.07, 6.45) is 0.497. The molecule has 122 valence electrons. The van der Waals surface area contributed by atoms with E-state index < -0.39 is 6.04 Å². The number of rotatable bonds is 5. The van der Waals surface area contributed by atoms with E-state index in [1.54, 1.807) is 7.11 Å². The first-order chi connectivity index (χ1) is 11.7. The van der Waals surface area contributed by atoms with Gasteiger partial charge in [-0.05, 0) is 23.4 Å². The fourth-order valence-corrected chi connectivity index (χ4v) is 2.71. The van der Waals surface area contributed by atoms with Gasteiger partial charge in [0.2, 0.25) is 5.91 Å². The largest absolute Gasteiger partial charge is 0.496 e. The number of ether oxygens (including phenoxy) is 1. The molecule has 3 N–H and O–H groups in total. The average molecular weight is 320 g/mol. The van der Waals surface area contributed by atoms with E-state index in [1.807, 2.05) is 66.7 Å². The molecule has 24 heavy (non-hydrogen) atoms. The van der Waals surface area contributed by atoms with Gasteiger partial charge in [-0.3, -0.25) is 4.79 Å². The molecule has 1 atom stereocenters. The average Bonchev–Trinajstić information content (AvgIpc) is 2.61. The van der Waals surface area contributed by atoms with Gasteiger partial charge in [0.1, 0.15) is 5.75 Å². The van der Waals surface area contributed by atoms with Crippen molar-refractivity contribution >= 4 is 22.4 Å². The third kappa shape index (κ3) is 3.55. The van der Waals surface area contributed by atoms with Crippen LogP contribution >= 0.6 is 0 Å². The molecule has 4 nitrogen and oxygen atoms in total. The Morgan fingerprint density at radius 2 is 1.79 bits per heavy atom. The first kappa shape index (κ1) is 16.0. The molecule has 0 aliphatic rings. The second-order valence-corrected chi connectivity index (χ2v) is 5.69. The summed E-state index contributed by atoms with van der Waals surface area (Å²) in [6, 6.07) is 20.8. The number of carbonyl (C=O) groups excluding carboxylic acids is 1. The Kier molecular flexibility index (Phi) is 4.77. The van der Waals surface area contributed by atoms with Gasteiger partial charge in [-0.2, -0.15) is 0 Å². The lowest BCUT2D eigenvalue weighted by molar-refractivity contribution is -0.117. The van der Waals surface area contributed by atoms with Gasteiger partial charge in [0.25, 0.3) is 0 Å². The second kappa shape index (κ2) is 7.15. The summed E-state index contributed by atoms with van der Waals surface area (Å²) >= 11 is 0. The lowest BCUT2D eigenvalue weighted by atomic mass is 10.1. The van der Waals surface area contributed by atoms with E-state index >= 15 is 0 Å². The maximum atomic E-state index is 12.4. The van der Waals surface area contributed by atoms with E-state index in [9.17, 15) is 4.79 Å². The molecule has 0 saturated carbocycles. The Morgan fingerprint density at radius 3 is 2.54 bits per heavy atom. The zero-order chi connectivity index (χ0) is 16.9. The molecule has 0 bridgehead atoms. The minimum Gasteiger partial charge on any atom is -0.496 e. The molecule has 0 radical (unpaired) electrons. The number of carbonyl (C=O) groups is 1. The molecular weight excluding hydrogens is 300 g/mol. The summed E-state index contributed by atoms with van der Waals surface area (Å²) in [7, 11) is 1.62. The minimum atomic E-state index is -0.607. The van der Waals surface area contributed by atoms with Crippen LogP contribution in [0, 0.1) is 0 Å². The molecule has 0 saturated heterocycles. The summed E-state index contributed by atoms with van der Waals surface area (Å²) < 4.78 is 5.42. The molecular formula is C20H20N2O2. The summed E-state index contributed by atoms with van der Waals surface area (Å²) in [4.78, 5) is 12.4. The lowest BCUT2D eigenvalue weighted by Gasteiger charge is -2.14. The number of hydrogen-bond acceptors (Lipinski definition) is 3. The number of fused-ring (bicyclic) bond motifs is 1. The summed E-state index contributed by atoms with van der Waals surface area (Å²) in [6.45, 7) is 0. The Hall–Kier alpha value is -2.85. The van der Waals surface area contributed by atoms with Crippen molar-refractivity contribution < 1.29 is 9.53 Å². The topological polar surface area (TPSA) is 64.3 Å². The molecule has 3 rings (SSSR count). The summed E-state index contributed by atoms with van der Waals surface area (Å²) in [5, 5.41) is 4.89. The quantitative estimate of drug-likeness (QED) is 0.757. The molecule has 0 fully saturated rings. The molecule has 0 aromatic heterocycles. The Balaban J connectivity index is 1.77. The van der Waals surface area contributed by atoms with Crippen LogP contribution in [-0.4, -0.2) is 19.1 Å². The zero-order valence-corrected chi connectivity index (χ0v) is 13.5. The van der Waals surface area contributed by atoms with Gasteiger partial charge in [-0.15, -0.1) is 0 Å². The van der Waals surface area contributed by atoms with Crippen molar-refractivity contribution in [2.75, 3.05) is 12.4 Å². The van der Waals surface area contributed by atoms with Gasteiger partial charge in [0, 0.05) is 17.1 Å². The van der Waals surface area contributed by atoms with Crippen molar-refractivity contribution in [2.24, 2.45) is 5.73 Å². The van der Waals surface area contributed by atoms with E-state index in [2.05, 4.69) is 5.32 Å². The maximum absolute atomic E-state index is 12.4. The van der Waals surface area contributed by atoms with Gasteiger partial charge < -0.3 is 15.8 Å². The summed E-state index contributed by atoms with van der Waals surface area (Å²) in [5.74, 6) is 0.510. The van der Waals surface area contributed by atoms with Crippen LogP contribution < -0.4 is 15.8 Å². The van der Waals surface area contributed by atoms with Gasteiger partial charge in [-0.1, -0.05) is 54.6 Å². The Labute approximate surface area is 141 Å². The van der Waals surface area contributed by atoms with Crippen LogP contribution in [-0.2, 0) is 11.2 Å². The minimum absolute atomic E-state index is 0.212.